The SMILES string of the molecule is O=c1ccc(-c2ccccc2)nn1CCNS(=O)(=O)c1cc(Cl)c(Cl)cc1Cl. The van der Waals surface area contributed by atoms with Crippen LogP contribution in [0.15, 0.2) is 64.3 Å². The molecule has 0 bridgehead atoms. The second kappa shape index (κ2) is 8.63. The number of halogens is 3. The molecule has 2 aromatic carbocycles. The fourth-order valence-corrected chi connectivity index (χ4v) is 4.47. The van der Waals surface area contributed by atoms with Crippen LogP contribution in [0.3, 0.4) is 0 Å². The quantitative estimate of drug-likeness (QED) is 0.569. The summed E-state index contributed by atoms with van der Waals surface area (Å²) in [6.45, 7) is -0.0261. The van der Waals surface area contributed by atoms with Crippen molar-refractivity contribution in [1.82, 2.24) is 14.5 Å². The standard InChI is InChI=1S/C18H14Cl3N3O3S/c19-13-10-15(21)17(11-14(13)20)28(26,27)22-8-9-24-18(25)7-6-16(23-24)12-4-2-1-3-5-12/h1-7,10-11,22H,8-9H2. The van der Waals surface area contributed by atoms with E-state index in [0.717, 1.165) is 5.56 Å². The van der Waals surface area contributed by atoms with E-state index in [0.29, 0.717) is 5.69 Å². The summed E-state index contributed by atoms with van der Waals surface area (Å²) in [6.07, 6.45) is 0. The monoisotopic (exact) mass is 457 g/mol. The van der Waals surface area contributed by atoms with Gasteiger partial charge in [-0.3, -0.25) is 4.79 Å². The van der Waals surface area contributed by atoms with Crippen molar-refractivity contribution in [3.63, 3.8) is 0 Å². The molecule has 0 aliphatic rings. The average Bonchev–Trinajstić information content (AvgIpc) is 2.66. The Morgan fingerprint density at radius 1 is 0.929 bits per heavy atom. The van der Waals surface area contributed by atoms with Crippen LogP contribution in [0.2, 0.25) is 15.1 Å². The zero-order valence-electron chi connectivity index (χ0n) is 14.3. The van der Waals surface area contributed by atoms with Gasteiger partial charge in [-0.1, -0.05) is 65.1 Å². The minimum absolute atomic E-state index is 0.0394. The summed E-state index contributed by atoms with van der Waals surface area (Å²) in [5, 5.41) is 4.45. The number of nitrogens with zero attached hydrogens (tertiary/aromatic N) is 2. The van der Waals surface area contributed by atoms with E-state index in [4.69, 9.17) is 34.8 Å². The van der Waals surface area contributed by atoms with Crippen molar-refractivity contribution in [2.24, 2.45) is 0 Å². The lowest BCUT2D eigenvalue weighted by molar-refractivity contribution is 0.549. The predicted octanol–water partition coefficient (Wildman–Crippen LogP) is 3.85. The highest BCUT2D eigenvalue weighted by atomic mass is 35.5. The van der Waals surface area contributed by atoms with Crippen LogP contribution in [-0.4, -0.2) is 24.7 Å². The van der Waals surface area contributed by atoms with Crippen molar-refractivity contribution in [2.75, 3.05) is 6.54 Å². The van der Waals surface area contributed by atoms with Gasteiger partial charge in [0, 0.05) is 18.2 Å². The van der Waals surface area contributed by atoms with Gasteiger partial charge in [-0.25, -0.2) is 17.8 Å². The number of hydrogen-bond acceptors (Lipinski definition) is 4. The van der Waals surface area contributed by atoms with Crippen LogP contribution in [-0.2, 0) is 16.6 Å². The molecule has 0 aliphatic heterocycles. The van der Waals surface area contributed by atoms with E-state index in [1.807, 2.05) is 30.3 Å². The van der Waals surface area contributed by atoms with E-state index in [2.05, 4.69) is 9.82 Å². The van der Waals surface area contributed by atoms with Crippen molar-refractivity contribution < 1.29 is 8.42 Å². The van der Waals surface area contributed by atoms with Gasteiger partial charge in [0.1, 0.15) is 4.90 Å². The fraction of sp³-hybridized carbons (Fsp3) is 0.111. The van der Waals surface area contributed by atoms with Crippen LogP contribution in [0.1, 0.15) is 0 Å². The molecule has 0 aliphatic carbocycles. The Bertz CT molecular complexity index is 1170. The van der Waals surface area contributed by atoms with Crippen molar-refractivity contribution in [1.29, 1.82) is 0 Å². The second-order valence-corrected chi connectivity index (χ2v) is 8.70. The Morgan fingerprint density at radius 3 is 2.32 bits per heavy atom. The van der Waals surface area contributed by atoms with Gasteiger partial charge >= 0.3 is 0 Å². The van der Waals surface area contributed by atoms with Crippen molar-refractivity contribution >= 4 is 44.8 Å². The van der Waals surface area contributed by atoms with E-state index in [1.54, 1.807) is 6.07 Å². The van der Waals surface area contributed by atoms with E-state index in [9.17, 15) is 13.2 Å². The maximum absolute atomic E-state index is 12.5. The lowest BCUT2D eigenvalue weighted by atomic mass is 10.1. The largest absolute Gasteiger partial charge is 0.268 e. The van der Waals surface area contributed by atoms with Gasteiger partial charge in [0.25, 0.3) is 5.56 Å². The number of hydrogen-bond donors (Lipinski definition) is 1. The van der Waals surface area contributed by atoms with E-state index in [1.165, 1.54) is 22.9 Å². The number of benzene rings is 2. The summed E-state index contributed by atoms with van der Waals surface area (Å²) in [5.41, 5.74) is 1.11. The molecular formula is C18H14Cl3N3O3S. The van der Waals surface area contributed by atoms with Gasteiger partial charge in [0.05, 0.1) is 27.3 Å². The molecule has 0 fully saturated rings. The summed E-state index contributed by atoms with van der Waals surface area (Å²) in [5.74, 6) is 0. The normalized spacial score (nSPS) is 11.5. The first-order valence-corrected chi connectivity index (χ1v) is 10.7. The van der Waals surface area contributed by atoms with Crippen LogP contribution in [0.5, 0.6) is 0 Å². The molecule has 0 amide bonds. The fourth-order valence-electron chi connectivity index (χ4n) is 2.45. The number of sulfonamides is 1. The molecule has 0 spiro atoms. The molecular weight excluding hydrogens is 445 g/mol. The Balaban J connectivity index is 1.76. The van der Waals surface area contributed by atoms with Gasteiger partial charge in [-0.15, -0.1) is 0 Å². The Labute approximate surface area is 176 Å². The minimum atomic E-state index is -3.94. The Kier molecular flexibility index (Phi) is 6.42. The van der Waals surface area contributed by atoms with Gasteiger partial charge < -0.3 is 0 Å². The molecule has 0 atom stereocenters. The summed E-state index contributed by atoms with van der Waals surface area (Å²) in [6, 6.07) is 14.8. The van der Waals surface area contributed by atoms with Crippen molar-refractivity contribution in [3.8, 4) is 11.3 Å². The highest BCUT2D eigenvalue weighted by Gasteiger charge is 2.19. The minimum Gasteiger partial charge on any atom is -0.268 e. The summed E-state index contributed by atoms with van der Waals surface area (Å²) in [7, 11) is -3.94. The summed E-state index contributed by atoms with van der Waals surface area (Å²) >= 11 is 17.7. The molecule has 1 heterocycles. The molecule has 146 valence electrons. The summed E-state index contributed by atoms with van der Waals surface area (Å²) in [4.78, 5) is 11.8. The molecule has 1 N–H and O–H groups in total. The van der Waals surface area contributed by atoms with Crippen molar-refractivity contribution in [3.05, 3.63) is 80.0 Å². The number of aromatic nitrogens is 2. The maximum Gasteiger partial charge on any atom is 0.266 e. The molecule has 10 heteroatoms. The van der Waals surface area contributed by atoms with Gasteiger partial charge in [-0.2, -0.15) is 5.10 Å². The van der Waals surface area contributed by atoms with Crippen molar-refractivity contribution in [2.45, 2.75) is 11.4 Å². The smallest absolute Gasteiger partial charge is 0.266 e. The predicted molar refractivity (Wildman–Crippen MR) is 111 cm³/mol. The van der Waals surface area contributed by atoms with E-state index in [-0.39, 0.29) is 38.6 Å². The van der Waals surface area contributed by atoms with Crippen LogP contribution in [0, 0.1) is 0 Å². The molecule has 6 nitrogen and oxygen atoms in total. The zero-order valence-corrected chi connectivity index (χ0v) is 17.4. The third-order valence-electron chi connectivity index (χ3n) is 3.82. The molecule has 3 rings (SSSR count). The molecule has 0 saturated heterocycles. The topological polar surface area (TPSA) is 81.1 Å². The first-order valence-electron chi connectivity index (χ1n) is 8.06. The average molecular weight is 459 g/mol. The highest BCUT2D eigenvalue weighted by Crippen LogP contribution is 2.31. The zero-order chi connectivity index (χ0) is 20.3. The molecule has 0 unspecified atom stereocenters. The Morgan fingerprint density at radius 2 is 1.61 bits per heavy atom. The first kappa shape index (κ1) is 20.8. The van der Waals surface area contributed by atoms with Gasteiger partial charge in [-0.05, 0) is 18.2 Å². The highest BCUT2D eigenvalue weighted by molar-refractivity contribution is 7.89. The maximum atomic E-state index is 12.5. The third-order valence-corrected chi connectivity index (χ3v) is 6.46. The summed E-state index contributed by atoms with van der Waals surface area (Å²) < 4.78 is 28.5. The first-order chi connectivity index (χ1) is 13.3. The Hall–Kier alpha value is -1.90. The molecule has 0 saturated carbocycles. The van der Waals surface area contributed by atoms with Crippen LogP contribution >= 0.6 is 34.8 Å². The molecule has 28 heavy (non-hydrogen) atoms. The van der Waals surface area contributed by atoms with Gasteiger partial charge in [0.15, 0.2) is 0 Å². The van der Waals surface area contributed by atoms with E-state index >= 15 is 0 Å². The molecule has 3 aromatic rings. The van der Waals surface area contributed by atoms with Crippen LogP contribution < -0.4 is 10.3 Å². The molecule has 1 aromatic heterocycles. The van der Waals surface area contributed by atoms with Gasteiger partial charge in [0.2, 0.25) is 10.0 Å². The van der Waals surface area contributed by atoms with E-state index < -0.39 is 10.0 Å². The number of nitrogens with one attached hydrogen (secondary N) is 1. The lowest BCUT2D eigenvalue weighted by Gasteiger charge is -2.11. The third kappa shape index (κ3) is 4.74. The number of rotatable bonds is 6. The lowest BCUT2D eigenvalue weighted by Crippen LogP contribution is -2.32. The van der Waals surface area contributed by atoms with Crippen LogP contribution in [0.25, 0.3) is 11.3 Å². The second-order valence-electron chi connectivity index (χ2n) is 5.74. The molecule has 0 radical (unpaired) electrons. The van der Waals surface area contributed by atoms with Crippen LogP contribution in [0.4, 0.5) is 0 Å².